The third kappa shape index (κ3) is 2.57. The van der Waals surface area contributed by atoms with Crippen LogP contribution in [0.5, 0.6) is 0 Å². The molecule has 0 aliphatic heterocycles. The zero-order chi connectivity index (χ0) is 13.3. The zero-order valence-corrected chi connectivity index (χ0v) is 11.0. The minimum absolute atomic E-state index is 0.0115. The van der Waals surface area contributed by atoms with Gasteiger partial charge < -0.3 is 5.73 Å². The first kappa shape index (κ1) is 13.1. The molecule has 0 aliphatic rings. The van der Waals surface area contributed by atoms with E-state index in [2.05, 4.69) is 4.98 Å². The van der Waals surface area contributed by atoms with Gasteiger partial charge in [0.25, 0.3) is 6.43 Å². The van der Waals surface area contributed by atoms with Gasteiger partial charge in [0.1, 0.15) is 5.01 Å². The Bertz CT molecular complexity index is 515. The number of rotatable bonds is 3. The summed E-state index contributed by atoms with van der Waals surface area (Å²) in [5.41, 5.74) is 7.86. The normalized spacial score (nSPS) is 13.0. The number of hydrogen-bond donors (Lipinski definition) is 1. The second-order valence-corrected chi connectivity index (χ2v) is 5.37. The Labute approximate surface area is 108 Å². The summed E-state index contributed by atoms with van der Waals surface area (Å²) >= 11 is 1.54. The van der Waals surface area contributed by atoms with Crippen molar-refractivity contribution in [1.29, 1.82) is 0 Å². The van der Waals surface area contributed by atoms with Gasteiger partial charge in [-0.15, -0.1) is 11.3 Å². The largest absolute Gasteiger partial charge is 0.318 e. The van der Waals surface area contributed by atoms with E-state index < -0.39 is 6.43 Å². The van der Waals surface area contributed by atoms with Crippen LogP contribution in [-0.2, 0) is 0 Å². The molecule has 0 bridgehead atoms. The van der Waals surface area contributed by atoms with Crippen LogP contribution in [-0.4, -0.2) is 4.98 Å². The highest BCUT2D eigenvalue weighted by Gasteiger charge is 2.15. The number of halogens is 2. The highest BCUT2D eigenvalue weighted by Crippen LogP contribution is 2.27. The lowest BCUT2D eigenvalue weighted by Gasteiger charge is -2.09. The van der Waals surface area contributed by atoms with E-state index in [0.29, 0.717) is 0 Å². The van der Waals surface area contributed by atoms with Crippen LogP contribution < -0.4 is 5.73 Å². The van der Waals surface area contributed by atoms with Crippen molar-refractivity contribution in [2.24, 2.45) is 5.73 Å². The highest BCUT2D eigenvalue weighted by atomic mass is 32.1. The molecule has 0 spiro atoms. The molecule has 0 saturated carbocycles. The van der Waals surface area contributed by atoms with Crippen LogP contribution in [0, 0.1) is 13.8 Å². The SMILES string of the molecule is Cc1nc(C(N)c2ccc(C(F)F)cc2)sc1C. The lowest BCUT2D eigenvalue weighted by Crippen LogP contribution is -2.11. The molecule has 2 aromatic rings. The Morgan fingerprint density at radius 1 is 1.11 bits per heavy atom. The highest BCUT2D eigenvalue weighted by molar-refractivity contribution is 7.11. The summed E-state index contributed by atoms with van der Waals surface area (Å²) < 4.78 is 24.9. The monoisotopic (exact) mass is 268 g/mol. The van der Waals surface area contributed by atoms with E-state index in [1.807, 2.05) is 13.8 Å². The Morgan fingerprint density at radius 3 is 2.11 bits per heavy atom. The van der Waals surface area contributed by atoms with Gasteiger partial charge in [-0.1, -0.05) is 24.3 Å². The molecule has 0 radical (unpaired) electrons. The van der Waals surface area contributed by atoms with Gasteiger partial charge in [0.05, 0.1) is 11.7 Å². The topological polar surface area (TPSA) is 38.9 Å². The fraction of sp³-hybridized carbons (Fsp3) is 0.308. The van der Waals surface area contributed by atoms with Crippen molar-refractivity contribution in [3.05, 3.63) is 51.0 Å². The van der Waals surface area contributed by atoms with E-state index in [1.165, 1.54) is 12.1 Å². The molecule has 0 fully saturated rings. The molecule has 1 atom stereocenters. The standard InChI is InChI=1S/C13H14F2N2S/c1-7-8(2)18-13(17-7)11(16)9-3-5-10(6-4-9)12(14)15/h3-6,11-12H,16H2,1-2H3. The summed E-state index contributed by atoms with van der Waals surface area (Å²) in [5.74, 6) is 0. The number of nitrogens with zero attached hydrogens (tertiary/aromatic N) is 1. The molecule has 18 heavy (non-hydrogen) atoms. The summed E-state index contributed by atoms with van der Waals surface area (Å²) in [6, 6.07) is 5.74. The molecular formula is C13H14F2N2S. The zero-order valence-electron chi connectivity index (χ0n) is 10.2. The van der Waals surface area contributed by atoms with Crippen molar-refractivity contribution >= 4 is 11.3 Å². The molecule has 1 aromatic heterocycles. The van der Waals surface area contributed by atoms with Crippen LogP contribution in [0.4, 0.5) is 8.78 Å². The van der Waals surface area contributed by atoms with Crippen molar-refractivity contribution in [1.82, 2.24) is 4.98 Å². The van der Waals surface area contributed by atoms with Crippen LogP contribution in [0.3, 0.4) is 0 Å². The van der Waals surface area contributed by atoms with Crippen molar-refractivity contribution in [3.8, 4) is 0 Å². The molecule has 1 heterocycles. The number of aryl methyl sites for hydroxylation is 2. The van der Waals surface area contributed by atoms with Crippen molar-refractivity contribution in [2.45, 2.75) is 26.3 Å². The summed E-state index contributed by atoms with van der Waals surface area (Å²) in [6.07, 6.45) is -2.44. The lowest BCUT2D eigenvalue weighted by atomic mass is 10.1. The molecule has 96 valence electrons. The second kappa shape index (κ2) is 5.12. The third-order valence-electron chi connectivity index (χ3n) is 2.86. The Morgan fingerprint density at radius 2 is 1.67 bits per heavy atom. The number of thiazole rings is 1. The number of alkyl halides is 2. The van der Waals surface area contributed by atoms with Crippen LogP contribution >= 0.6 is 11.3 Å². The van der Waals surface area contributed by atoms with E-state index in [1.54, 1.807) is 23.5 Å². The van der Waals surface area contributed by atoms with Gasteiger partial charge in [-0.05, 0) is 19.4 Å². The molecule has 2 nitrogen and oxygen atoms in total. The van der Waals surface area contributed by atoms with Crippen molar-refractivity contribution < 1.29 is 8.78 Å². The maximum absolute atomic E-state index is 12.4. The van der Waals surface area contributed by atoms with E-state index in [4.69, 9.17) is 5.73 Å². The Hall–Kier alpha value is -1.33. The molecule has 2 N–H and O–H groups in total. The molecule has 0 amide bonds. The average molecular weight is 268 g/mol. The van der Waals surface area contributed by atoms with Gasteiger partial charge in [-0.2, -0.15) is 0 Å². The van der Waals surface area contributed by atoms with E-state index in [9.17, 15) is 8.78 Å². The van der Waals surface area contributed by atoms with Gasteiger partial charge >= 0.3 is 0 Å². The maximum Gasteiger partial charge on any atom is 0.263 e. The van der Waals surface area contributed by atoms with Gasteiger partial charge in [-0.3, -0.25) is 0 Å². The Kier molecular flexibility index (Phi) is 3.73. The first-order valence-electron chi connectivity index (χ1n) is 5.56. The van der Waals surface area contributed by atoms with E-state index in [0.717, 1.165) is 21.1 Å². The molecule has 0 aliphatic carbocycles. The van der Waals surface area contributed by atoms with Crippen LogP contribution in [0.1, 0.15) is 39.2 Å². The van der Waals surface area contributed by atoms with Gasteiger partial charge in [-0.25, -0.2) is 13.8 Å². The maximum atomic E-state index is 12.4. The van der Waals surface area contributed by atoms with Crippen molar-refractivity contribution in [3.63, 3.8) is 0 Å². The summed E-state index contributed by atoms with van der Waals surface area (Å²) in [7, 11) is 0. The third-order valence-corrected chi connectivity index (χ3v) is 4.01. The molecule has 5 heteroatoms. The molecule has 1 unspecified atom stereocenters. The van der Waals surface area contributed by atoms with Gasteiger partial charge in [0, 0.05) is 10.4 Å². The predicted octanol–water partition coefficient (Wildman–Crippen LogP) is 3.75. The van der Waals surface area contributed by atoms with Gasteiger partial charge in [0.15, 0.2) is 0 Å². The lowest BCUT2D eigenvalue weighted by molar-refractivity contribution is 0.151. The summed E-state index contributed by atoms with van der Waals surface area (Å²) in [5, 5.41) is 0.815. The first-order valence-corrected chi connectivity index (χ1v) is 6.38. The molecule has 2 rings (SSSR count). The molecule has 1 aromatic carbocycles. The van der Waals surface area contributed by atoms with Crippen molar-refractivity contribution in [2.75, 3.05) is 0 Å². The van der Waals surface area contributed by atoms with Crippen LogP contribution in [0.2, 0.25) is 0 Å². The second-order valence-electron chi connectivity index (χ2n) is 4.14. The molecule has 0 saturated heterocycles. The van der Waals surface area contributed by atoms with E-state index in [-0.39, 0.29) is 11.6 Å². The quantitative estimate of drug-likeness (QED) is 0.920. The minimum atomic E-state index is -2.44. The smallest absolute Gasteiger partial charge is 0.263 e. The van der Waals surface area contributed by atoms with Crippen LogP contribution in [0.25, 0.3) is 0 Å². The predicted molar refractivity (Wildman–Crippen MR) is 69.0 cm³/mol. The van der Waals surface area contributed by atoms with E-state index >= 15 is 0 Å². The van der Waals surface area contributed by atoms with Crippen LogP contribution in [0.15, 0.2) is 24.3 Å². The average Bonchev–Trinajstić information content (AvgIpc) is 2.69. The minimum Gasteiger partial charge on any atom is -0.318 e. The van der Waals surface area contributed by atoms with Gasteiger partial charge in [0.2, 0.25) is 0 Å². The number of aromatic nitrogens is 1. The summed E-state index contributed by atoms with van der Waals surface area (Å²) in [4.78, 5) is 5.52. The fourth-order valence-corrected chi connectivity index (χ4v) is 2.57. The Balaban J connectivity index is 2.25. The number of benzene rings is 1. The molecular weight excluding hydrogens is 254 g/mol. The summed E-state index contributed by atoms with van der Waals surface area (Å²) in [6.45, 7) is 3.92. The fourth-order valence-electron chi connectivity index (χ4n) is 1.62. The first-order chi connectivity index (χ1) is 8.49. The number of nitrogens with two attached hydrogens (primary N) is 1. The number of hydrogen-bond acceptors (Lipinski definition) is 3.